The van der Waals surface area contributed by atoms with Gasteiger partial charge >= 0.3 is 0 Å². The highest BCUT2D eigenvalue weighted by Crippen LogP contribution is 2.32. The zero-order chi connectivity index (χ0) is 12.8. The van der Waals surface area contributed by atoms with Crippen LogP contribution >= 0.6 is 0 Å². The van der Waals surface area contributed by atoms with Gasteiger partial charge in [0.25, 0.3) is 0 Å². The van der Waals surface area contributed by atoms with Gasteiger partial charge in [-0.2, -0.15) is 0 Å². The van der Waals surface area contributed by atoms with Crippen LogP contribution in [0.25, 0.3) is 0 Å². The topological polar surface area (TPSA) is 24.1 Å². The van der Waals surface area contributed by atoms with Crippen LogP contribution < -0.4 is 10.6 Å². The first kappa shape index (κ1) is 13.6. The third-order valence-electron chi connectivity index (χ3n) is 2.85. The molecule has 0 saturated carbocycles. The van der Waals surface area contributed by atoms with Gasteiger partial charge in [-0.05, 0) is 23.0 Å². The molecule has 0 aliphatic heterocycles. The lowest BCUT2D eigenvalue weighted by Crippen LogP contribution is -2.04. The highest BCUT2D eigenvalue weighted by Gasteiger charge is 2.12. The van der Waals surface area contributed by atoms with Crippen molar-refractivity contribution in [1.82, 2.24) is 5.32 Å². The highest BCUT2D eigenvalue weighted by atomic mass is 14.9. The van der Waals surface area contributed by atoms with Gasteiger partial charge in [0.05, 0.1) is 0 Å². The van der Waals surface area contributed by atoms with Crippen molar-refractivity contribution in [2.24, 2.45) is 0 Å². The number of rotatable bonds is 5. The molecular weight excluding hydrogens is 208 g/mol. The van der Waals surface area contributed by atoms with Gasteiger partial charge in [-0.3, -0.25) is 0 Å². The molecule has 2 nitrogen and oxygen atoms in total. The van der Waals surface area contributed by atoms with Crippen molar-refractivity contribution in [2.45, 2.75) is 39.5 Å². The Hall–Kier alpha value is -1.44. The van der Waals surface area contributed by atoms with E-state index in [1.807, 2.05) is 19.4 Å². The van der Waals surface area contributed by atoms with E-state index >= 15 is 0 Å². The lowest BCUT2D eigenvalue weighted by Gasteiger charge is -2.19. The fraction of sp³-hybridized carbons (Fsp3) is 0.467. The molecule has 0 spiro atoms. The molecule has 0 atom stereocenters. The quantitative estimate of drug-likeness (QED) is 0.800. The molecule has 0 saturated heterocycles. The summed E-state index contributed by atoms with van der Waals surface area (Å²) in [6.07, 6.45) is 3.86. The van der Waals surface area contributed by atoms with Crippen molar-refractivity contribution in [3.63, 3.8) is 0 Å². The summed E-state index contributed by atoms with van der Waals surface area (Å²) in [7, 11) is 1.90. The van der Waals surface area contributed by atoms with Gasteiger partial charge in [0.15, 0.2) is 0 Å². The monoisotopic (exact) mass is 232 g/mol. The lowest BCUT2D eigenvalue weighted by molar-refractivity contribution is 0.838. The number of anilines is 1. The fourth-order valence-electron chi connectivity index (χ4n) is 1.93. The van der Waals surface area contributed by atoms with Crippen molar-refractivity contribution >= 4 is 5.69 Å². The molecular formula is C15H24N2. The third-order valence-corrected chi connectivity index (χ3v) is 2.85. The van der Waals surface area contributed by atoms with Crippen LogP contribution in [0.1, 0.15) is 50.7 Å². The Morgan fingerprint density at radius 3 is 1.88 bits per heavy atom. The first-order valence-electron chi connectivity index (χ1n) is 6.29. The summed E-state index contributed by atoms with van der Waals surface area (Å²) in [5.74, 6) is 1.05. The second-order valence-corrected chi connectivity index (χ2v) is 4.89. The van der Waals surface area contributed by atoms with Crippen molar-refractivity contribution in [3.8, 4) is 0 Å². The van der Waals surface area contributed by atoms with Crippen LogP contribution in [0.3, 0.4) is 0 Å². The predicted molar refractivity (Wildman–Crippen MR) is 76.4 cm³/mol. The number of hydrogen-bond donors (Lipinski definition) is 2. The summed E-state index contributed by atoms with van der Waals surface area (Å²) in [5.41, 5.74) is 4.00. The van der Waals surface area contributed by atoms with Gasteiger partial charge in [-0.1, -0.05) is 45.9 Å². The van der Waals surface area contributed by atoms with Gasteiger partial charge in [0.1, 0.15) is 0 Å². The van der Waals surface area contributed by atoms with E-state index in [2.05, 4.69) is 56.5 Å². The van der Waals surface area contributed by atoms with E-state index in [1.54, 1.807) is 0 Å². The Morgan fingerprint density at radius 1 is 0.941 bits per heavy atom. The summed E-state index contributed by atoms with van der Waals surface area (Å²) in [6.45, 7) is 8.91. The first-order chi connectivity index (χ1) is 8.07. The summed E-state index contributed by atoms with van der Waals surface area (Å²) < 4.78 is 0. The zero-order valence-corrected chi connectivity index (χ0v) is 11.5. The van der Waals surface area contributed by atoms with Gasteiger partial charge in [0, 0.05) is 25.1 Å². The van der Waals surface area contributed by atoms with Crippen LogP contribution in [-0.4, -0.2) is 7.05 Å². The van der Waals surface area contributed by atoms with Crippen molar-refractivity contribution in [3.05, 3.63) is 41.7 Å². The molecule has 1 aromatic carbocycles. The van der Waals surface area contributed by atoms with Gasteiger partial charge in [-0.15, -0.1) is 0 Å². The number of benzene rings is 1. The summed E-state index contributed by atoms with van der Waals surface area (Å²) in [5, 5.41) is 6.39. The minimum atomic E-state index is 0.527. The van der Waals surface area contributed by atoms with Crippen LogP contribution in [0.4, 0.5) is 5.69 Å². The maximum absolute atomic E-state index is 3.40. The molecule has 2 heteroatoms. The second kappa shape index (κ2) is 6.33. The van der Waals surface area contributed by atoms with Gasteiger partial charge in [-0.25, -0.2) is 0 Å². The van der Waals surface area contributed by atoms with E-state index in [0.29, 0.717) is 11.8 Å². The normalized spacial score (nSPS) is 11.5. The van der Waals surface area contributed by atoms with Crippen LogP contribution in [0.5, 0.6) is 0 Å². The molecule has 0 bridgehead atoms. The second-order valence-electron chi connectivity index (χ2n) is 4.89. The molecule has 0 aromatic heterocycles. The molecule has 0 aliphatic rings. The molecule has 1 rings (SSSR count). The predicted octanol–water partition coefficient (Wildman–Crippen LogP) is 4.04. The number of nitrogens with one attached hydrogen (secondary N) is 2. The molecule has 2 N–H and O–H groups in total. The number of hydrogen-bond acceptors (Lipinski definition) is 2. The molecule has 0 aliphatic carbocycles. The molecule has 94 valence electrons. The smallest absolute Gasteiger partial charge is 0.0450 e. The standard InChI is InChI=1S/C15H24N2/c1-11(2)13-7-6-8-14(12(3)4)15(13)17-10-9-16-5/h6-12,16-17H,1-5H3/b10-9-. The number of para-hydroxylation sites is 1. The zero-order valence-electron chi connectivity index (χ0n) is 11.5. The minimum absolute atomic E-state index is 0.527. The van der Waals surface area contributed by atoms with Gasteiger partial charge < -0.3 is 10.6 Å². The summed E-state index contributed by atoms with van der Waals surface area (Å²) in [4.78, 5) is 0. The molecule has 1 aromatic rings. The van der Waals surface area contributed by atoms with E-state index in [9.17, 15) is 0 Å². The highest BCUT2D eigenvalue weighted by molar-refractivity contribution is 5.61. The Morgan fingerprint density at radius 2 is 1.47 bits per heavy atom. The van der Waals surface area contributed by atoms with Crippen LogP contribution in [0, 0.1) is 0 Å². The lowest BCUT2D eigenvalue weighted by atomic mass is 9.93. The average molecular weight is 232 g/mol. The van der Waals surface area contributed by atoms with Crippen LogP contribution in [-0.2, 0) is 0 Å². The van der Waals surface area contributed by atoms with Crippen molar-refractivity contribution in [1.29, 1.82) is 0 Å². The Kier molecular flexibility index (Phi) is 5.08. The van der Waals surface area contributed by atoms with E-state index in [1.165, 1.54) is 16.8 Å². The maximum Gasteiger partial charge on any atom is 0.0450 e. The Balaban J connectivity index is 3.14. The van der Waals surface area contributed by atoms with E-state index in [4.69, 9.17) is 0 Å². The average Bonchev–Trinajstić information content (AvgIpc) is 2.28. The van der Waals surface area contributed by atoms with Crippen LogP contribution in [0.2, 0.25) is 0 Å². The molecule has 0 amide bonds. The first-order valence-corrected chi connectivity index (χ1v) is 6.29. The summed E-state index contributed by atoms with van der Waals surface area (Å²) in [6, 6.07) is 6.55. The largest absolute Gasteiger partial charge is 0.393 e. The van der Waals surface area contributed by atoms with E-state index < -0.39 is 0 Å². The molecule has 0 unspecified atom stereocenters. The van der Waals surface area contributed by atoms with Crippen molar-refractivity contribution < 1.29 is 0 Å². The van der Waals surface area contributed by atoms with Crippen LogP contribution in [0.15, 0.2) is 30.6 Å². The van der Waals surface area contributed by atoms with E-state index in [0.717, 1.165) is 0 Å². The van der Waals surface area contributed by atoms with E-state index in [-0.39, 0.29) is 0 Å². The minimum Gasteiger partial charge on any atom is -0.393 e. The van der Waals surface area contributed by atoms with Gasteiger partial charge in [0.2, 0.25) is 0 Å². The summed E-state index contributed by atoms with van der Waals surface area (Å²) >= 11 is 0. The molecule has 0 radical (unpaired) electrons. The molecule has 0 heterocycles. The van der Waals surface area contributed by atoms with Crippen molar-refractivity contribution in [2.75, 3.05) is 12.4 Å². The molecule has 17 heavy (non-hydrogen) atoms. The Bertz CT molecular complexity index is 352. The third kappa shape index (κ3) is 3.52. The fourth-order valence-corrected chi connectivity index (χ4v) is 1.93. The maximum atomic E-state index is 3.40. The molecule has 0 fully saturated rings. The SMILES string of the molecule is CN/C=C\Nc1c(C(C)C)cccc1C(C)C. The Labute approximate surface area is 105 Å².